The molecule has 0 aliphatic carbocycles. The van der Waals surface area contributed by atoms with Crippen molar-refractivity contribution in [3.63, 3.8) is 0 Å². The van der Waals surface area contributed by atoms with Crippen molar-refractivity contribution in [3.05, 3.63) is 47.9 Å². The summed E-state index contributed by atoms with van der Waals surface area (Å²) in [5, 5.41) is 3.35. The summed E-state index contributed by atoms with van der Waals surface area (Å²) < 4.78 is 0. The van der Waals surface area contributed by atoms with Gasteiger partial charge >= 0.3 is 0 Å². The van der Waals surface area contributed by atoms with Crippen molar-refractivity contribution in [1.29, 1.82) is 0 Å². The zero-order valence-corrected chi connectivity index (χ0v) is 9.22. The number of anilines is 2. The fourth-order valence-corrected chi connectivity index (χ4v) is 1.96. The van der Waals surface area contributed by atoms with Gasteiger partial charge in [-0.2, -0.15) is 0 Å². The van der Waals surface area contributed by atoms with Crippen LogP contribution in [0.25, 0.3) is 11.6 Å². The van der Waals surface area contributed by atoms with Gasteiger partial charge in [0.2, 0.25) is 0 Å². The maximum absolute atomic E-state index is 5.83. The molecule has 0 atom stereocenters. The predicted molar refractivity (Wildman–Crippen MR) is 69.2 cm³/mol. The van der Waals surface area contributed by atoms with Crippen molar-refractivity contribution < 1.29 is 0 Å². The van der Waals surface area contributed by atoms with Crippen molar-refractivity contribution in [2.75, 3.05) is 17.6 Å². The van der Waals surface area contributed by atoms with Gasteiger partial charge in [-0.05, 0) is 17.7 Å². The largest absolute Gasteiger partial charge is 0.382 e. The van der Waals surface area contributed by atoms with E-state index in [0.29, 0.717) is 5.82 Å². The lowest BCUT2D eigenvalue weighted by Crippen LogP contribution is -2.12. The Bertz CT molecular complexity index is 589. The number of hydrogen-bond acceptors (Lipinski definition) is 4. The van der Waals surface area contributed by atoms with Crippen LogP contribution in [0, 0.1) is 0 Å². The Morgan fingerprint density at radius 1 is 1.12 bits per heavy atom. The summed E-state index contributed by atoms with van der Waals surface area (Å²) in [5.41, 5.74) is 9.94. The van der Waals surface area contributed by atoms with Crippen LogP contribution < -0.4 is 11.1 Å². The second-order valence-corrected chi connectivity index (χ2v) is 3.90. The lowest BCUT2D eigenvalue weighted by molar-refractivity contribution is 1.16. The molecule has 84 valence electrons. The molecule has 0 bridgehead atoms. The van der Waals surface area contributed by atoms with Gasteiger partial charge in [0.15, 0.2) is 0 Å². The van der Waals surface area contributed by atoms with Gasteiger partial charge in [-0.15, -0.1) is 0 Å². The zero-order valence-electron chi connectivity index (χ0n) is 9.22. The third kappa shape index (κ3) is 1.73. The number of hydrogen-bond donors (Lipinski definition) is 2. The van der Waals surface area contributed by atoms with E-state index in [1.54, 1.807) is 12.4 Å². The molecule has 0 unspecified atom stereocenters. The molecule has 2 heterocycles. The Balaban J connectivity index is 2.08. The first-order valence-electron chi connectivity index (χ1n) is 5.45. The van der Waals surface area contributed by atoms with Crippen LogP contribution in [0.5, 0.6) is 0 Å². The molecule has 0 spiro atoms. The van der Waals surface area contributed by atoms with E-state index >= 15 is 0 Å². The molecule has 3 rings (SSSR count). The minimum Gasteiger partial charge on any atom is -0.382 e. The molecule has 0 radical (unpaired) electrons. The number of fused-ring (bicyclic) bond motifs is 1. The van der Waals surface area contributed by atoms with Crippen molar-refractivity contribution in [3.8, 4) is 0 Å². The number of nitrogens with two attached hydrogens (primary N) is 1. The normalized spacial score (nSPS) is 13.5. The first-order valence-corrected chi connectivity index (χ1v) is 5.45. The minimum absolute atomic E-state index is 0.472. The maximum atomic E-state index is 5.83. The molecule has 1 aliphatic heterocycles. The summed E-state index contributed by atoms with van der Waals surface area (Å²) in [4.78, 5) is 8.34. The van der Waals surface area contributed by atoms with Crippen LogP contribution in [0.15, 0.2) is 36.7 Å². The summed E-state index contributed by atoms with van der Waals surface area (Å²) in [6.07, 6.45) is 5.36. The first kappa shape index (κ1) is 9.84. The molecule has 0 fully saturated rings. The van der Waals surface area contributed by atoms with E-state index in [4.69, 9.17) is 5.73 Å². The first-order chi connectivity index (χ1) is 8.34. The Labute approximate surface area is 99.2 Å². The summed E-state index contributed by atoms with van der Waals surface area (Å²) in [7, 11) is 0. The number of nitrogen functional groups attached to an aromatic ring is 1. The molecular weight excluding hydrogens is 212 g/mol. The van der Waals surface area contributed by atoms with Crippen LogP contribution in [-0.2, 0) is 0 Å². The topological polar surface area (TPSA) is 63.8 Å². The molecule has 0 saturated carbocycles. The number of nitrogens with one attached hydrogen (secondary N) is 1. The molecule has 4 heteroatoms. The molecule has 4 nitrogen and oxygen atoms in total. The molecule has 1 aromatic carbocycles. The Morgan fingerprint density at radius 2 is 1.94 bits per heavy atom. The van der Waals surface area contributed by atoms with Gasteiger partial charge in [0.1, 0.15) is 11.5 Å². The summed E-state index contributed by atoms with van der Waals surface area (Å²) >= 11 is 0. The lowest BCUT2D eigenvalue weighted by atomic mass is 10.0. The molecule has 0 saturated heterocycles. The van der Waals surface area contributed by atoms with Gasteiger partial charge < -0.3 is 11.1 Å². The number of nitrogens with zero attached hydrogens (tertiary/aromatic N) is 2. The van der Waals surface area contributed by atoms with Crippen LogP contribution in [0.2, 0.25) is 0 Å². The van der Waals surface area contributed by atoms with Crippen LogP contribution in [0.4, 0.5) is 11.5 Å². The molecule has 1 aliphatic rings. The van der Waals surface area contributed by atoms with Crippen molar-refractivity contribution >= 4 is 23.2 Å². The van der Waals surface area contributed by atoms with Crippen LogP contribution in [0.3, 0.4) is 0 Å². The number of aromatic nitrogens is 2. The quantitative estimate of drug-likeness (QED) is 0.778. The molecule has 1 aromatic heterocycles. The van der Waals surface area contributed by atoms with E-state index < -0.39 is 0 Å². The highest BCUT2D eigenvalue weighted by molar-refractivity contribution is 5.91. The highest BCUT2D eigenvalue weighted by Crippen LogP contribution is 2.28. The van der Waals surface area contributed by atoms with E-state index in [1.807, 2.05) is 12.1 Å². The van der Waals surface area contributed by atoms with Gasteiger partial charge in [-0.1, -0.05) is 18.2 Å². The monoisotopic (exact) mass is 224 g/mol. The Hall–Kier alpha value is -2.36. The molecule has 3 N–H and O–H groups in total. The predicted octanol–water partition coefficient (Wildman–Crippen LogP) is 2.02. The van der Waals surface area contributed by atoms with Crippen LogP contribution >= 0.6 is 0 Å². The second kappa shape index (κ2) is 3.90. The molecular formula is C13H12N4. The van der Waals surface area contributed by atoms with Gasteiger partial charge in [-0.25, -0.2) is 4.98 Å². The summed E-state index contributed by atoms with van der Waals surface area (Å²) in [6, 6.07) is 8.15. The molecule has 0 amide bonds. The van der Waals surface area contributed by atoms with Crippen molar-refractivity contribution in [1.82, 2.24) is 9.97 Å². The fourth-order valence-electron chi connectivity index (χ4n) is 1.96. The van der Waals surface area contributed by atoms with Gasteiger partial charge in [0.05, 0.1) is 0 Å². The van der Waals surface area contributed by atoms with Gasteiger partial charge in [0.25, 0.3) is 0 Å². The SMILES string of the molecule is Nc1nccnc1C1=Cc2ccccc2NC1. The third-order valence-electron chi connectivity index (χ3n) is 2.79. The number of rotatable bonds is 1. The van der Waals surface area contributed by atoms with Crippen molar-refractivity contribution in [2.45, 2.75) is 0 Å². The third-order valence-corrected chi connectivity index (χ3v) is 2.79. The number of benzene rings is 1. The zero-order chi connectivity index (χ0) is 11.7. The standard InChI is InChI=1S/C13H12N4/c14-13-12(15-5-6-16-13)10-7-9-3-1-2-4-11(9)17-8-10/h1-7,17H,8H2,(H2,14,16). The van der Waals surface area contributed by atoms with Crippen LogP contribution in [-0.4, -0.2) is 16.5 Å². The Morgan fingerprint density at radius 3 is 2.82 bits per heavy atom. The highest BCUT2D eigenvalue weighted by atomic mass is 14.9. The second-order valence-electron chi connectivity index (χ2n) is 3.90. The highest BCUT2D eigenvalue weighted by Gasteiger charge is 2.13. The number of para-hydroxylation sites is 1. The summed E-state index contributed by atoms with van der Waals surface area (Å²) in [6.45, 7) is 0.722. The van der Waals surface area contributed by atoms with Gasteiger partial charge in [-0.3, -0.25) is 4.98 Å². The average molecular weight is 224 g/mol. The average Bonchev–Trinajstić information content (AvgIpc) is 2.39. The Kier molecular flexibility index (Phi) is 2.26. The van der Waals surface area contributed by atoms with Gasteiger partial charge in [0, 0.05) is 30.2 Å². The van der Waals surface area contributed by atoms with E-state index in [9.17, 15) is 0 Å². The van der Waals surface area contributed by atoms with Crippen molar-refractivity contribution in [2.24, 2.45) is 0 Å². The summed E-state index contributed by atoms with van der Waals surface area (Å²) in [5.74, 6) is 0.472. The van der Waals surface area contributed by atoms with Crippen LogP contribution in [0.1, 0.15) is 11.3 Å². The molecule has 17 heavy (non-hydrogen) atoms. The fraction of sp³-hybridized carbons (Fsp3) is 0.0769. The smallest absolute Gasteiger partial charge is 0.149 e. The van der Waals surface area contributed by atoms with E-state index in [2.05, 4.69) is 33.5 Å². The molecule has 2 aromatic rings. The maximum Gasteiger partial charge on any atom is 0.149 e. The van der Waals surface area contributed by atoms with E-state index in [0.717, 1.165) is 29.1 Å². The van der Waals surface area contributed by atoms with E-state index in [-0.39, 0.29) is 0 Å². The minimum atomic E-state index is 0.472. The lowest BCUT2D eigenvalue weighted by Gasteiger charge is -2.18. The van der Waals surface area contributed by atoms with E-state index in [1.165, 1.54) is 0 Å².